The Hall–Kier alpha value is -2.04. The van der Waals surface area contributed by atoms with Gasteiger partial charge in [0.25, 0.3) is 0 Å². The predicted molar refractivity (Wildman–Crippen MR) is 127 cm³/mol. The molecule has 0 radical (unpaired) electrons. The van der Waals surface area contributed by atoms with Crippen LogP contribution < -0.4 is 16.8 Å². The molecule has 0 amide bonds. The van der Waals surface area contributed by atoms with Gasteiger partial charge in [-0.05, 0) is 31.7 Å². The zero-order valence-corrected chi connectivity index (χ0v) is 19.7. The zero-order valence-electron chi connectivity index (χ0n) is 19.7. The number of nitrogen functional groups attached to an aromatic ring is 2. The summed E-state index contributed by atoms with van der Waals surface area (Å²) in [4.78, 5) is 18.2. The summed E-state index contributed by atoms with van der Waals surface area (Å²) in [6, 6.07) is 4.78. The van der Waals surface area contributed by atoms with Crippen LogP contribution >= 0.6 is 0 Å². The van der Waals surface area contributed by atoms with E-state index >= 15 is 0 Å². The number of carbonyl (C=O) groups is 2. The lowest BCUT2D eigenvalue weighted by molar-refractivity contribution is -0.0980. The molecule has 0 saturated heterocycles. The van der Waals surface area contributed by atoms with Crippen LogP contribution in [0.5, 0.6) is 0 Å². The lowest BCUT2D eigenvalue weighted by atomic mass is 10.2. The Morgan fingerprint density at radius 1 is 0.839 bits per heavy atom. The molecule has 9 heteroatoms. The summed E-state index contributed by atoms with van der Waals surface area (Å²) in [6.07, 6.45) is 1.78. The molecule has 0 fully saturated rings. The Bertz CT molecular complexity index is 478. The molecule has 0 spiro atoms. The van der Waals surface area contributed by atoms with Gasteiger partial charge in [0.05, 0.1) is 57.6 Å². The second kappa shape index (κ2) is 30.2. The summed E-state index contributed by atoms with van der Waals surface area (Å²) in [5.41, 5.74) is 12.3. The monoisotopic (exact) mass is 445 g/mol. The van der Waals surface area contributed by atoms with Gasteiger partial charge in [-0.1, -0.05) is 20.8 Å². The van der Waals surface area contributed by atoms with E-state index in [1.54, 1.807) is 18.2 Å². The number of nitrogens with two attached hydrogens (primary N) is 2. The van der Waals surface area contributed by atoms with E-state index in [9.17, 15) is 4.79 Å². The van der Waals surface area contributed by atoms with E-state index in [2.05, 4.69) is 12.2 Å². The molecule has 0 aliphatic heterocycles. The number of nitrogens with one attached hydrogen (secondary N) is 1. The number of hydrogen-bond donors (Lipinski definition) is 3. The van der Waals surface area contributed by atoms with Gasteiger partial charge >= 0.3 is 0 Å². The molecule has 0 aromatic heterocycles. The first-order chi connectivity index (χ1) is 15.2. The third kappa shape index (κ3) is 25.9. The van der Waals surface area contributed by atoms with E-state index in [-0.39, 0.29) is 0 Å². The average Bonchev–Trinajstić information content (AvgIpc) is 2.82. The van der Waals surface area contributed by atoms with Crippen molar-refractivity contribution in [2.75, 3.05) is 77.9 Å². The number of hydrogen-bond acceptors (Lipinski definition) is 9. The Kier molecular flexibility index (Phi) is 32.7. The fourth-order valence-electron chi connectivity index (χ4n) is 1.75. The van der Waals surface area contributed by atoms with Gasteiger partial charge in [0.15, 0.2) is 0 Å². The third-order valence-corrected chi connectivity index (χ3v) is 3.21. The number of rotatable bonds is 15. The van der Waals surface area contributed by atoms with E-state index < -0.39 is 0 Å². The van der Waals surface area contributed by atoms with Gasteiger partial charge in [-0.2, -0.15) is 0 Å². The molecule has 1 aromatic rings. The minimum Gasteiger partial charge on any atom is -0.397 e. The van der Waals surface area contributed by atoms with Crippen molar-refractivity contribution >= 4 is 24.5 Å². The van der Waals surface area contributed by atoms with Gasteiger partial charge < -0.3 is 40.5 Å². The molecule has 31 heavy (non-hydrogen) atoms. The van der Waals surface area contributed by atoms with Crippen LogP contribution in [0.15, 0.2) is 18.2 Å². The molecule has 0 aliphatic carbocycles. The third-order valence-electron chi connectivity index (χ3n) is 3.21. The van der Waals surface area contributed by atoms with Crippen molar-refractivity contribution < 1.29 is 28.5 Å². The Morgan fingerprint density at radius 2 is 1.29 bits per heavy atom. The highest BCUT2D eigenvalue weighted by atomic mass is 16.6. The molecule has 0 saturated carbocycles. The summed E-state index contributed by atoms with van der Waals surface area (Å²) in [7, 11) is 1.90. The SMILES string of the molecule is C=O.CC.CCCOCCOCCOCCOCCNC.Nc1ccc(C=O)cc1N. The van der Waals surface area contributed by atoms with Crippen molar-refractivity contribution in [2.24, 2.45) is 0 Å². The summed E-state index contributed by atoms with van der Waals surface area (Å²) in [5.74, 6) is 0. The molecule has 0 atom stereocenters. The van der Waals surface area contributed by atoms with Crippen LogP contribution in [0.2, 0.25) is 0 Å². The fourth-order valence-corrected chi connectivity index (χ4v) is 1.75. The Balaban J connectivity index is -0.000000473. The first-order valence-electron chi connectivity index (χ1n) is 10.5. The highest BCUT2D eigenvalue weighted by molar-refractivity contribution is 5.79. The largest absolute Gasteiger partial charge is 0.397 e. The van der Waals surface area contributed by atoms with Gasteiger partial charge in [-0.15, -0.1) is 0 Å². The topological polar surface area (TPSA) is 135 Å². The van der Waals surface area contributed by atoms with Crippen molar-refractivity contribution in [3.63, 3.8) is 0 Å². The van der Waals surface area contributed by atoms with E-state index in [1.165, 1.54) is 0 Å². The van der Waals surface area contributed by atoms with Crippen LogP contribution in [0.3, 0.4) is 0 Å². The van der Waals surface area contributed by atoms with Crippen LogP contribution in [0.4, 0.5) is 11.4 Å². The molecule has 0 unspecified atom stereocenters. The minimum absolute atomic E-state index is 0.449. The molecule has 182 valence electrons. The van der Waals surface area contributed by atoms with Gasteiger partial charge in [-0.3, -0.25) is 4.79 Å². The van der Waals surface area contributed by atoms with Gasteiger partial charge in [-0.25, -0.2) is 0 Å². The average molecular weight is 446 g/mol. The number of likely N-dealkylation sites (N-methyl/N-ethyl adjacent to an activating group) is 1. The Morgan fingerprint density at radius 3 is 1.68 bits per heavy atom. The summed E-state index contributed by atoms with van der Waals surface area (Å²) < 4.78 is 21.2. The lowest BCUT2D eigenvalue weighted by Crippen LogP contribution is -2.17. The maximum Gasteiger partial charge on any atom is 0.150 e. The van der Waals surface area contributed by atoms with Gasteiger partial charge in [0.1, 0.15) is 13.1 Å². The number of benzene rings is 1. The maximum absolute atomic E-state index is 10.2. The van der Waals surface area contributed by atoms with Crippen LogP contribution in [0.25, 0.3) is 0 Å². The van der Waals surface area contributed by atoms with Crippen molar-refractivity contribution in [1.29, 1.82) is 0 Å². The zero-order chi connectivity index (χ0) is 24.2. The summed E-state index contributed by atoms with van der Waals surface area (Å²) >= 11 is 0. The Labute approximate surface area is 187 Å². The summed E-state index contributed by atoms with van der Waals surface area (Å²) in [6.45, 7) is 14.3. The molecule has 1 rings (SSSR count). The normalized spacial score (nSPS) is 9.29. The number of aldehydes is 1. The second-order valence-corrected chi connectivity index (χ2v) is 5.56. The number of ether oxygens (including phenoxy) is 4. The van der Waals surface area contributed by atoms with Crippen LogP contribution in [-0.4, -0.2) is 79.5 Å². The fraction of sp³-hybridized carbons (Fsp3) is 0.636. The van der Waals surface area contributed by atoms with Gasteiger partial charge in [0.2, 0.25) is 0 Å². The number of carbonyl (C=O) groups excluding carboxylic acids is 2. The van der Waals surface area contributed by atoms with E-state index in [0.717, 1.165) is 32.5 Å². The summed E-state index contributed by atoms with van der Waals surface area (Å²) in [5, 5.41) is 3.01. The lowest BCUT2D eigenvalue weighted by Gasteiger charge is -2.07. The van der Waals surface area contributed by atoms with Crippen LogP contribution in [0, 0.1) is 0 Å². The van der Waals surface area contributed by atoms with Crippen molar-refractivity contribution in [1.82, 2.24) is 5.32 Å². The molecular formula is C22H43N3O6. The maximum atomic E-state index is 10.2. The first kappa shape index (κ1) is 33.6. The van der Waals surface area contributed by atoms with Gasteiger partial charge in [0, 0.05) is 18.7 Å². The number of anilines is 2. The highest BCUT2D eigenvalue weighted by Crippen LogP contribution is 2.14. The van der Waals surface area contributed by atoms with E-state index in [1.807, 2.05) is 27.7 Å². The predicted octanol–water partition coefficient (Wildman–Crippen LogP) is 2.19. The van der Waals surface area contributed by atoms with Crippen LogP contribution in [-0.2, 0) is 23.7 Å². The quantitative estimate of drug-likeness (QED) is 0.211. The molecule has 9 nitrogen and oxygen atoms in total. The first-order valence-corrected chi connectivity index (χ1v) is 10.5. The second-order valence-electron chi connectivity index (χ2n) is 5.56. The van der Waals surface area contributed by atoms with Crippen molar-refractivity contribution in [2.45, 2.75) is 27.2 Å². The standard InChI is InChI=1S/C12H27NO4.C7H8N2O.C2H6.CH2O/c1-3-5-14-7-9-16-11-12-17-10-8-15-6-4-13-2;8-6-2-1-5(4-10)3-7(6)9;2*1-2/h13H,3-12H2,1-2H3;1-4H,8-9H2;1-2H3;1H2. The molecule has 0 aliphatic rings. The molecule has 0 heterocycles. The van der Waals surface area contributed by atoms with Crippen molar-refractivity contribution in [3.05, 3.63) is 23.8 Å². The smallest absolute Gasteiger partial charge is 0.150 e. The molecular weight excluding hydrogens is 402 g/mol. The minimum atomic E-state index is 0.449. The molecule has 0 bridgehead atoms. The van der Waals surface area contributed by atoms with E-state index in [0.29, 0.717) is 56.6 Å². The van der Waals surface area contributed by atoms with Crippen molar-refractivity contribution in [3.8, 4) is 0 Å². The van der Waals surface area contributed by atoms with Crippen LogP contribution in [0.1, 0.15) is 37.6 Å². The molecule has 5 N–H and O–H groups in total. The van der Waals surface area contributed by atoms with E-state index in [4.69, 9.17) is 35.2 Å². The molecule has 1 aromatic carbocycles. The highest BCUT2D eigenvalue weighted by Gasteiger charge is 1.94.